The smallest absolute Gasteiger partial charge is 0.338 e. The Morgan fingerprint density at radius 3 is 2.41 bits per heavy atom. The average Bonchev–Trinajstić information content (AvgIpc) is 3.55. The van der Waals surface area contributed by atoms with Crippen LogP contribution in [0.5, 0.6) is 5.88 Å². The van der Waals surface area contributed by atoms with E-state index in [1.807, 2.05) is 43.3 Å². The zero-order chi connectivity index (χ0) is 28.6. The molecule has 41 heavy (non-hydrogen) atoms. The van der Waals surface area contributed by atoms with Gasteiger partial charge >= 0.3 is 5.97 Å². The summed E-state index contributed by atoms with van der Waals surface area (Å²) in [6, 6.07) is 23.7. The Morgan fingerprint density at radius 2 is 1.68 bits per heavy atom. The van der Waals surface area contributed by atoms with Crippen molar-refractivity contribution in [1.82, 2.24) is 30.6 Å². The van der Waals surface area contributed by atoms with Crippen LogP contribution in [0.15, 0.2) is 72.8 Å². The molecule has 5 rings (SSSR count). The summed E-state index contributed by atoms with van der Waals surface area (Å²) >= 11 is 0. The first-order valence-corrected chi connectivity index (χ1v) is 13.6. The molecule has 0 aliphatic heterocycles. The van der Waals surface area contributed by atoms with E-state index in [1.165, 1.54) is 7.11 Å². The Balaban J connectivity index is 1.44. The molecule has 9 nitrogen and oxygen atoms in total. The van der Waals surface area contributed by atoms with Gasteiger partial charge in [-0.05, 0) is 47.7 Å². The van der Waals surface area contributed by atoms with Gasteiger partial charge in [-0.1, -0.05) is 80.1 Å². The van der Waals surface area contributed by atoms with Gasteiger partial charge in [-0.25, -0.2) is 9.78 Å². The Morgan fingerprint density at radius 1 is 0.927 bits per heavy atom. The molecule has 0 saturated carbocycles. The number of nitrogens with one attached hydrogen (secondary N) is 1. The third-order valence-electron chi connectivity index (χ3n) is 6.88. The molecule has 0 radical (unpaired) electrons. The van der Waals surface area contributed by atoms with Gasteiger partial charge < -0.3 is 9.47 Å². The molecular weight excluding hydrogens is 516 g/mol. The van der Waals surface area contributed by atoms with E-state index in [0.717, 1.165) is 58.3 Å². The molecule has 1 N–H and O–H groups in total. The number of carbonyl (C=O) groups excluding carboxylic acids is 1. The Kier molecular flexibility index (Phi) is 8.73. The van der Waals surface area contributed by atoms with Gasteiger partial charge in [0.2, 0.25) is 11.7 Å². The van der Waals surface area contributed by atoms with Gasteiger partial charge in [-0.15, -0.1) is 10.2 Å². The van der Waals surface area contributed by atoms with Crippen molar-refractivity contribution in [2.24, 2.45) is 0 Å². The molecule has 5 aromatic rings. The van der Waals surface area contributed by atoms with E-state index in [2.05, 4.69) is 62.9 Å². The summed E-state index contributed by atoms with van der Waals surface area (Å²) in [4.78, 5) is 21.8. The third kappa shape index (κ3) is 6.46. The number of nitrogens with zero attached hydrogens (tertiary/aromatic N) is 5. The van der Waals surface area contributed by atoms with Crippen LogP contribution in [0.3, 0.4) is 0 Å². The van der Waals surface area contributed by atoms with Gasteiger partial charge in [0, 0.05) is 23.1 Å². The fourth-order valence-electron chi connectivity index (χ4n) is 4.79. The van der Waals surface area contributed by atoms with Crippen LogP contribution in [0.4, 0.5) is 0 Å². The van der Waals surface area contributed by atoms with Gasteiger partial charge in [0.1, 0.15) is 12.4 Å². The summed E-state index contributed by atoms with van der Waals surface area (Å²) in [5.74, 6) is 1.35. The highest BCUT2D eigenvalue weighted by molar-refractivity contribution is 5.90. The lowest BCUT2D eigenvalue weighted by Crippen LogP contribution is -2.11. The number of carbonyl (C=O) groups is 1. The lowest BCUT2D eigenvalue weighted by atomic mass is 9.96. The second kappa shape index (κ2) is 13.0. The van der Waals surface area contributed by atoms with Crippen LogP contribution in [0.2, 0.25) is 0 Å². The molecule has 3 aromatic carbocycles. The number of hydrogen-bond acceptors (Lipinski definition) is 8. The first-order chi connectivity index (χ1) is 20.1. The minimum Gasteiger partial charge on any atom is -0.472 e. The lowest BCUT2D eigenvalue weighted by molar-refractivity contribution is 0.0597. The van der Waals surface area contributed by atoms with Crippen LogP contribution in [0, 0.1) is 6.92 Å². The fourth-order valence-corrected chi connectivity index (χ4v) is 4.79. The first kappa shape index (κ1) is 27.6. The highest BCUT2D eigenvalue weighted by Gasteiger charge is 2.18. The summed E-state index contributed by atoms with van der Waals surface area (Å²) in [7, 11) is 1.38. The average molecular weight is 549 g/mol. The molecule has 2 aromatic heterocycles. The monoisotopic (exact) mass is 548 g/mol. The zero-order valence-corrected chi connectivity index (χ0v) is 23.4. The molecule has 9 heteroatoms. The number of esters is 1. The maximum atomic E-state index is 12.3. The Bertz CT molecular complexity index is 1620. The van der Waals surface area contributed by atoms with Gasteiger partial charge in [0.05, 0.1) is 18.4 Å². The fraction of sp³-hybridized carbons (Fsp3) is 0.250. The summed E-state index contributed by atoms with van der Waals surface area (Å²) < 4.78 is 11.3. The number of methoxy groups -OCH3 is 1. The molecule has 0 unspecified atom stereocenters. The van der Waals surface area contributed by atoms with E-state index in [0.29, 0.717) is 29.5 Å². The second-order valence-corrected chi connectivity index (χ2v) is 9.70. The van der Waals surface area contributed by atoms with E-state index < -0.39 is 5.97 Å². The number of benzene rings is 3. The SMILES string of the molecule is CCCCc1nc(C)nc(OCc2ccccc2C(=O)OC)c1Cc1ccc(-c2ccccc2-c2nn[nH]n2)cc1. The molecular formula is C32H32N6O3. The Hall–Kier alpha value is -4.92. The highest BCUT2D eigenvalue weighted by atomic mass is 16.5. The van der Waals surface area contributed by atoms with Crippen molar-refractivity contribution in [2.75, 3.05) is 7.11 Å². The number of aromatic nitrogens is 6. The van der Waals surface area contributed by atoms with Crippen molar-refractivity contribution in [2.45, 2.75) is 46.1 Å². The van der Waals surface area contributed by atoms with Gasteiger partial charge in [-0.2, -0.15) is 10.2 Å². The first-order valence-electron chi connectivity index (χ1n) is 13.6. The molecule has 0 amide bonds. The topological polar surface area (TPSA) is 116 Å². The van der Waals surface area contributed by atoms with E-state index in [1.54, 1.807) is 6.07 Å². The van der Waals surface area contributed by atoms with Gasteiger partial charge in [-0.3, -0.25) is 0 Å². The minimum absolute atomic E-state index is 0.188. The highest BCUT2D eigenvalue weighted by Crippen LogP contribution is 2.31. The molecule has 0 spiro atoms. The number of hydrogen-bond donors (Lipinski definition) is 1. The predicted molar refractivity (Wildman–Crippen MR) is 155 cm³/mol. The Labute approximate surface area is 239 Å². The molecule has 0 saturated heterocycles. The molecule has 0 fully saturated rings. The van der Waals surface area contributed by atoms with Crippen molar-refractivity contribution in [1.29, 1.82) is 0 Å². The second-order valence-electron chi connectivity index (χ2n) is 9.70. The number of H-pyrrole nitrogens is 1. The minimum atomic E-state index is -0.395. The molecule has 0 aliphatic carbocycles. The van der Waals surface area contributed by atoms with E-state index in [9.17, 15) is 4.79 Å². The molecule has 2 heterocycles. The normalized spacial score (nSPS) is 10.9. The lowest BCUT2D eigenvalue weighted by Gasteiger charge is -2.16. The van der Waals surface area contributed by atoms with E-state index in [-0.39, 0.29) is 6.61 Å². The predicted octanol–water partition coefficient (Wildman–Crippen LogP) is 5.93. The molecule has 208 valence electrons. The summed E-state index contributed by atoms with van der Waals surface area (Å²) in [6.45, 7) is 4.23. The molecule has 0 atom stereocenters. The molecule has 0 bridgehead atoms. The van der Waals surface area contributed by atoms with Crippen LogP contribution in [-0.2, 0) is 24.2 Å². The number of aromatic amines is 1. The van der Waals surface area contributed by atoms with Crippen LogP contribution >= 0.6 is 0 Å². The quantitative estimate of drug-likeness (QED) is 0.202. The summed E-state index contributed by atoms with van der Waals surface area (Å²) in [5, 5.41) is 14.5. The largest absolute Gasteiger partial charge is 0.472 e. The molecule has 0 aliphatic rings. The number of aryl methyl sites for hydroxylation is 2. The standard InChI is InChI=1S/C32H32N6O3/c1-4-5-14-29-28(31(34-21(2)33-29)41-20-24-10-6-7-12-26(24)32(39)40-3)19-22-15-17-23(18-16-22)25-11-8-9-13-27(25)30-35-37-38-36-30/h6-13,15-18H,4-5,14,19-20H2,1-3H3,(H,35,36,37,38). The van der Waals surface area contributed by atoms with E-state index >= 15 is 0 Å². The van der Waals surface area contributed by atoms with Crippen molar-refractivity contribution >= 4 is 5.97 Å². The maximum Gasteiger partial charge on any atom is 0.338 e. The maximum absolute atomic E-state index is 12.3. The van der Waals surface area contributed by atoms with Gasteiger partial charge in [0.15, 0.2) is 0 Å². The van der Waals surface area contributed by atoms with Crippen molar-refractivity contribution in [3.8, 4) is 28.4 Å². The number of ether oxygens (including phenoxy) is 2. The van der Waals surface area contributed by atoms with Crippen LogP contribution < -0.4 is 4.74 Å². The van der Waals surface area contributed by atoms with Crippen LogP contribution in [0.25, 0.3) is 22.5 Å². The third-order valence-corrected chi connectivity index (χ3v) is 6.88. The number of rotatable bonds is 11. The summed E-state index contributed by atoms with van der Waals surface area (Å²) in [5.41, 5.74) is 7.25. The zero-order valence-electron chi connectivity index (χ0n) is 23.4. The van der Waals surface area contributed by atoms with Crippen molar-refractivity contribution in [3.63, 3.8) is 0 Å². The van der Waals surface area contributed by atoms with Gasteiger partial charge in [0.25, 0.3) is 0 Å². The van der Waals surface area contributed by atoms with Crippen LogP contribution in [0.1, 0.15) is 58.3 Å². The van der Waals surface area contributed by atoms with Crippen molar-refractivity contribution < 1.29 is 14.3 Å². The number of tetrazole rings is 1. The number of unbranched alkanes of at least 4 members (excludes halogenated alkanes) is 1. The van der Waals surface area contributed by atoms with Crippen LogP contribution in [-0.4, -0.2) is 43.7 Å². The summed E-state index contributed by atoms with van der Waals surface area (Å²) in [6.07, 6.45) is 3.51. The van der Waals surface area contributed by atoms with Crippen molar-refractivity contribution in [3.05, 3.63) is 107 Å². The van der Waals surface area contributed by atoms with E-state index in [4.69, 9.17) is 14.5 Å².